The largest absolute Gasteiger partial charge is 0.348 e. The number of hydrogen-bond donors (Lipinski definition) is 1. The first-order chi connectivity index (χ1) is 17.1. The average molecular weight is 548 g/mol. The zero-order chi connectivity index (χ0) is 26.0. The van der Waals surface area contributed by atoms with Gasteiger partial charge < -0.3 is 10.2 Å². The summed E-state index contributed by atoms with van der Waals surface area (Å²) in [6.45, 7) is 2.24. The second-order valence-corrected chi connectivity index (χ2v) is 12.4. The van der Waals surface area contributed by atoms with Crippen LogP contribution in [0.2, 0.25) is 10.0 Å². The number of amides is 2. The third-order valence-electron chi connectivity index (χ3n) is 6.99. The zero-order valence-electron chi connectivity index (χ0n) is 19.8. The molecule has 36 heavy (non-hydrogen) atoms. The van der Waals surface area contributed by atoms with Crippen molar-refractivity contribution in [1.29, 1.82) is 5.26 Å². The maximum absolute atomic E-state index is 13.5. The van der Waals surface area contributed by atoms with Gasteiger partial charge in [-0.25, -0.2) is 8.42 Å². The van der Waals surface area contributed by atoms with Gasteiger partial charge in [0.25, 0.3) is 5.91 Å². The van der Waals surface area contributed by atoms with Crippen molar-refractivity contribution in [1.82, 2.24) is 10.2 Å². The molecular formula is C26H27Cl2N3O4S. The van der Waals surface area contributed by atoms with Crippen molar-refractivity contribution in [3.8, 4) is 6.07 Å². The molecule has 0 unspecified atom stereocenters. The highest BCUT2D eigenvalue weighted by Gasteiger charge is 2.40. The van der Waals surface area contributed by atoms with Gasteiger partial charge in [-0.3, -0.25) is 9.59 Å². The molecule has 0 bridgehead atoms. The number of halogens is 2. The molecule has 2 aromatic carbocycles. The van der Waals surface area contributed by atoms with Gasteiger partial charge >= 0.3 is 0 Å². The molecule has 190 valence electrons. The second-order valence-electron chi connectivity index (χ2n) is 9.41. The van der Waals surface area contributed by atoms with Gasteiger partial charge in [0.15, 0.2) is 9.84 Å². The van der Waals surface area contributed by atoms with Crippen molar-refractivity contribution in [2.24, 2.45) is 5.92 Å². The number of carbonyl (C=O) groups excluding carboxylic acids is 2. The maximum Gasteiger partial charge on any atom is 0.254 e. The molecule has 2 aromatic rings. The molecule has 4 rings (SSSR count). The van der Waals surface area contributed by atoms with Crippen LogP contribution >= 0.6 is 23.2 Å². The van der Waals surface area contributed by atoms with Crippen LogP contribution in [0.1, 0.15) is 61.0 Å². The van der Waals surface area contributed by atoms with Gasteiger partial charge in [0.05, 0.1) is 32.3 Å². The fraction of sp³-hybridized carbons (Fsp3) is 0.423. The zero-order valence-corrected chi connectivity index (χ0v) is 22.1. The van der Waals surface area contributed by atoms with Gasteiger partial charge in [-0.05, 0) is 74.9 Å². The first-order valence-electron chi connectivity index (χ1n) is 11.9. The van der Waals surface area contributed by atoms with E-state index < -0.39 is 21.1 Å². The van der Waals surface area contributed by atoms with E-state index in [9.17, 15) is 18.0 Å². The number of rotatable bonds is 6. The van der Waals surface area contributed by atoms with Crippen molar-refractivity contribution in [2.45, 2.75) is 61.3 Å². The van der Waals surface area contributed by atoms with E-state index in [1.54, 1.807) is 30.3 Å². The highest BCUT2D eigenvalue weighted by Crippen LogP contribution is 2.36. The van der Waals surface area contributed by atoms with Crippen LogP contribution in [-0.2, 0) is 14.6 Å². The number of nitrogens with zero attached hydrogens (tertiary/aromatic N) is 2. The Morgan fingerprint density at radius 3 is 2.56 bits per heavy atom. The van der Waals surface area contributed by atoms with Gasteiger partial charge in [0.2, 0.25) is 5.91 Å². The van der Waals surface area contributed by atoms with Crippen molar-refractivity contribution < 1.29 is 18.0 Å². The standard InChI is InChI=1S/C26H27Cl2N3O4S/c1-16(18-8-9-22(27)23(28)14-18)30-25(32)24-7-2-3-10-31(24)26(33)19-5-4-6-20(13-19)36(34,35)21-11-17(12-21)15-29/h4-6,8-9,13-14,16-17,21,24H,2-3,7,10-12H2,1H3,(H,30,32)/t16-,17?,21?,24-/m1/s1. The molecule has 1 aliphatic carbocycles. The van der Waals surface area contributed by atoms with Gasteiger partial charge in [0, 0.05) is 18.0 Å². The van der Waals surface area contributed by atoms with E-state index in [1.807, 2.05) is 6.92 Å². The van der Waals surface area contributed by atoms with Gasteiger partial charge in [-0.2, -0.15) is 5.26 Å². The molecular weight excluding hydrogens is 521 g/mol. The first kappa shape index (κ1) is 26.5. The molecule has 2 atom stereocenters. The lowest BCUT2D eigenvalue weighted by Gasteiger charge is -2.35. The first-order valence-corrected chi connectivity index (χ1v) is 14.2. The maximum atomic E-state index is 13.5. The molecule has 7 nitrogen and oxygen atoms in total. The smallest absolute Gasteiger partial charge is 0.254 e. The van der Waals surface area contributed by atoms with Crippen LogP contribution in [0, 0.1) is 17.2 Å². The Bertz CT molecular complexity index is 1320. The molecule has 2 aliphatic rings. The Morgan fingerprint density at radius 1 is 1.11 bits per heavy atom. The van der Waals surface area contributed by atoms with Crippen molar-refractivity contribution in [3.05, 3.63) is 63.6 Å². The predicted molar refractivity (Wildman–Crippen MR) is 137 cm³/mol. The number of piperidine rings is 1. The molecule has 1 aliphatic heterocycles. The normalized spacial score (nSPS) is 22.7. The molecule has 2 fully saturated rings. The molecule has 2 amide bonds. The van der Waals surface area contributed by atoms with Gasteiger partial charge in [-0.15, -0.1) is 0 Å². The average Bonchev–Trinajstić information content (AvgIpc) is 2.84. The molecule has 1 N–H and O–H groups in total. The Morgan fingerprint density at radius 2 is 1.86 bits per heavy atom. The minimum Gasteiger partial charge on any atom is -0.348 e. The summed E-state index contributed by atoms with van der Waals surface area (Å²) in [6.07, 6.45) is 2.69. The lowest BCUT2D eigenvalue weighted by molar-refractivity contribution is -0.127. The Labute approximate surface area is 221 Å². The van der Waals surface area contributed by atoms with Crippen LogP contribution in [0.3, 0.4) is 0 Å². The van der Waals surface area contributed by atoms with Crippen LogP contribution in [0.4, 0.5) is 0 Å². The molecule has 0 aromatic heterocycles. The van der Waals surface area contributed by atoms with Crippen molar-refractivity contribution >= 4 is 44.9 Å². The number of nitrogens with one attached hydrogen (secondary N) is 1. The summed E-state index contributed by atoms with van der Waals surface area (Å²) in [7, 11) is -3.64. The topological polar surface area (TPSA) is 107 Å². The molecule has 10 heteroatoms. The number of sulfone groups is 1. The fourth-order valence-corrected chi connectivity index (χ4v) is 6.93. The summed E-state index contributed by atoms with van der Waals surface area (Å²) in [6, 6.07) is 12.2. The van der Waals surface area contributed by atoms with E-state index in [-0.39, 0.29) is 34.2 Å². The van der Waals surface area contributed by atoms with Crippen LogP contribution in [0.25, 0.3) is 0 Å². The van der Waals surface area contributed by atoms with E-state index in [2.05, 4.69) is 11.4 Å². The summed E-state index contributed by atoms with van der Waals surface area (Å²) < 4.78 is 26.0. The van der Waals surface area contributed by atoms with Crippen LogP contribution in [0.5, 0.6) is 0 Å². The second kappa shape index (κ2) is 10.8. The molecule has 1 heterocycles. The molecule has 0 spiro atoms. The number of benzene rings is 2. The summed E-state index contributed by atoms with van der Waals surface area (Å²) in [4.78, 5) is 28.3. The summed E-state index contributed by atoms with van der Waals surface area (Å²) >= 11 is 12.1. The third-order valence-corrected chi connectivity index (χ3v) is 9.91. The lowest BCUT2D eigenvalue weighted by atomic mass is 9.86. The summed E-state index contributed by atoms with van der Waals surface area (Å²) in [5.41, 5.74) is 1.02. The predicted octanol–water partition coefficient (Wildman–Crippen LogP) is 4.94. The minimum absolute atomic E-state index is 0.0704. The SMILES string of the molecule is C[C@@H](NC(=O)[C@H]1CCCCN1C(=O)c1cccc(S(=O)(=O)C2CC(C#N)C2)c1)c1ccc(Cl)c(Cl)c1. The van der Waals surface area contributed by atoms with Crippen LogP contribution < -0.4 is 5.32 Å². The van der Waals surface area contributed by atoms with Gasteiger partial charge in [-0.1, -0.05) is 35.3 Å². The van der Waals surface area contributed by atoms with E-state index in [0.717, 1.165) is 18.4 Å². The highest BCUT2D eigenvalue weighted by atomic mass is 35.5. The number of hydrogen-bond acceptors (Lipinski definition) is 5. The van der Waals surface area contributed by atoms with E-state index in [0.29, 0.717) is 35.9 Å². The Hall–Kier alpha value is -2.60. The summed E-state index contributed by atoms with van der Waals surface area (Å²) in [5.74, 6) is -0.895. The van der Waals surface area contributed by atoms with E-state index in [4.69, 9.17) is 28.5 Å². The fourth-order valence-electron chi connectivity index (χ4n) is 4.71. The van der Waals surface area contributed by atoms with Crippen molar-refractivity contribution in [3.63, 3.8) is 0 Å². The molecule has 1 saturated carbocycles. The van der Waals surface area contributed by atoms with E-state index >= 15 is 0 Å². The quantitative estimate of drug-likeness (QED) is 0.550. The highest BCUT2D eigenvalue weighted by molar-refractivity contribution is 7.92. The number of carbonyl (C=O) groups is 2. The number of likely N-dealkylation sites (tertiary alicyclic amines) is 1. The Kier molecular flexibility index (Phi) is 7.93. The lowest BCUT2D eigenvalue weighted by Crippen LogP contribution is -2.52. The number of nitriles is 1. The van der Waals surface area contributed by atoms with Crippen molar-refractivity contribution in [2.75, 3.05) is 6.54 Å². The molecule has 1 saturated heterocycles. The monoisotopic (exact) mass is 547 g/mol. The minimum atomic E-state index is -3.64. The summed E-state index contributed by atoms with van der Waals surface area (Å²) in [5, 5.41) is 12.2. The van der Waals surface area contributed by atoms with Crippen LogP contribution in [-0.4, -0.2) is 43.0 Å². The van der Waals surface area contributed by atoms with Crippen LogP contribution in [0.15, 0.2) is 47.4 Å². The molecule has 0 radical (unpaired) electrons. The Balaban J connectivity index is 1.50. The third kappa shape index (κ3) is 5.39. The van der Waals surface area contributed by atoms with Gasteiger partial charge in [0.1, 0.15) is 6.04 Å². The van der Waals surface area contributed by atoms with E-state index in [1.165, 1.54) is 17.0 Å².